The lowest BCUT2D eigenvalue weighted by atomic mass is 10.1. The van der Waals surface area contributed by atoms with E-state index in [-0.39, 0.29) is 5.82 Å². The van der Waals surface area contributed by atoms with Crippen molar-refractivity contribution >= 4 is 27.4 Å². The van der Waals surface area contributed by atoms with Crippen LogP contribution in [0.5, 0.6) is 0 Å². The molecule has 0 saturated heterocycles. The number of anilines is 1. The Labute approximate surface area is 126 Å². The summed E-state index contributed by atoms with van der Waals surface area (Å²) >= 11 is 1.61. The van der Waals surface area contributed by atoms with E-state index in [1.54, 1.807) is 30.4 Å². The molecule has 0 bridgehead atoms. The fraction of sp³-hybridized carbons (Fsp3) is 0.250. The van der Waals surface area contributed by atoms with Crippen LogP contribution in [0.1, 0.15) is 16.0 Å². The second-order valence-corrected chi connectivity index (χ2v) is 6.25. The average molecular weight is 301 g/mol. The monoisotopic (exact) mass is 301 g/mol. The van der Waals surface area contributed by atoms with Gasteiger partial charge in [0.2, 0.25) is 0 Å². The van der Waals surface area contributed by atoms with Crippen LogP contribution in [0, 0.1) is 26.6 Å². The van der Waals surface area contributed by atoms with Gasteiger partial charge in [-0.1, -0.05) is 12.1 Å². The predicted octanol–water partition coefficient (Wildman–Crippen LogP) is 4.46. The van der Waals surface area contributed by atoms with Gasteiger partial charge in [-0.05, 0) is 38.0 Å². The van der Waals surface area contributed by atoms with Crippen LogP contribution in [0.3, 0.4) is 0 Å². The molecule has 0 aliphatic heterocycles. The maximum absolute atomic E-state index is 14.3. The minimum atomic E-state index is -0.260. The summed E-state index contributed by atoms with van der Waals surface area (Å²) in [6, 6.07) is 5.29. The molecular formula is C16H16FN3S. The summed E-state index contributed by atoms with van der Waals surface area (Å²) in [5.74, 6) is 0.913. The molecule has 108 valence electrons. The van der Waals surface area contributed by atoms with Crippen molar-refractivity contribution < 1.29 is 4.39 Å². The Bertz CT molecular complexity index is 839. The number of benzene rings is 1. The Kier molecular flexibility index (Phi) is 3.37. The molecule has 0 unspecified atom stereocenters. The molecule has 0 aliphatic rings. The van der Waals surface area contributed by atoms with Crippen molar-refractivity contribution in [1.29, 1.82) is 0 Å². The molecule has 0 saturated carbocycles. The van der Waals surface area contributed by atoms with E-state index in [0.29, 0.717) is 17.0 Å². The fourth-order valence-electron chi connectivity index (χ4n) is 2.37. The average Bonchev–Trinajstić information content (AvgIpc) is 2.76. The fourth-order valence-corrected chi connectivity index (χ4v) is 3.40. The number of nitrogens with zero attached hydrogens (tertiary/aromatic N) is 2. The normalized spacial score (nSPS) is 11.1. The summed E-state index contributed by atoms with van der Waals surface area (Å²) in [7, 11) is 1.82. The molecule has 21 heavy (non-hydrogen) atoms. The maximum Gasteiger partial charge on any atom is 0.166 e. The number of nitrogens with one attached hydrogen (secondary N) is 1. The van der Waals surface area contributed by atoms with Gasteiger partial charge in [-0.15, -0.1) is 11.3 Å². The van der Waals surface area contributed by atoms with Gasteiger partial charge in [0, 0.05) is 11.9 Å². The minimum absolute atomic E-state index is 0.260. The van der Waals surface area contributed by atoms with E-state index >= 15 is 0 Å². The second-order valence-electron chi connectivity index (χ2n) is 5.05. The summed E-state index contributed by atoms with van der Waals surface area (Å²) in [5.41, 5.74) is 2.22. The molecule has 3 rings (SSSR count). The molecule has 2 heterocycles. The molecule has 1 N–H and O–H groups in total. The van der Waals surface area contributed by atoms with E-state index in [1.165, 1.54) is 10.4 Å². The highest BCUT2D eigenvalue weighted by atomic mass is 32.1. The van der Waals surface area contributed by atoms with Crippen LogP contribution in [0.25, 0.3) is 21.6 Å². The first-order valence-electron chi connectivity index (χ1n) is 6.74. The van der Waals surface area contributed by atoms with Gasteiger partial charge in [0.1, 0.15) is 16.5 Å². The van der Waals surface area contributed by atoms with Gasteiger partial charge >= 0.3 is 0 Å². The summed E-state index contributed by atoms with van der Waals surface area (Å²) < 4.78 is 14.3. The van der Waals surface area contributed by atoms with Crippen LogP contribution in [0.2, 0.25) is 0 Å². The minimum Gasteiger partial charge on any atom is -0.372 e. The van der Waals surface area contributed by atoms with Crippen LogP contribution in [0.15, 0.2) is 18.2 Å². The van der Waals surface area contributed by atoms with Crippen molar-refractivity contribution in [3.05, 3.63) is 40.0 Å². The first-order chi connectivity index (χ1) is 10.0. The van der Waals surface area contributed by atoms with E-state index in [4.69, 9.17) is 0 Å². The Morgan fingerprint density at radius 3 is 2.62 bits per heavy atom. The lowest BCUT2D eigenvalue weighted by molar-refractivity contribution is 0.621. The predicted molar refractivity (Wildman–Crippen MR) is 86.6 cm³/mol. The lowest BCUT2D eigenvalue weighted by Gasteiger charge is -2.08. The number of rotatable bonds is 2. The Hall–Kier alpha value is -2.01. The third-order valence-corrected chi connectivity index (χ3v) is 4.80. The highest BCUT2D eigenvalue weighted by Crippen LogP contribution is 2.35. The maximum atomic E-state index is 14.3. The zero-order chi connectivity index (χ0) is 15.1. The molecule has 3 nitrogen and oxygen atoms in total. The molecule has 3 aromatic rings. The van der Waals surface area contributed by atoms with Crippen molar-refractivity contribution in [2.45, 2.75) is 20.8 Å². The van der Waals surface area contributed by atoms with Gasteiger partial charge < -0.3 is 5.32 Å². The van der Waals surface area contributed by atoms with Crippen LogP contribution in [-0.4, -0.2) is 17.0 Å². The molecule has 2 aromatic heterocycles. The van der Waals surface area contributed by atoms with Crippen LogP contribution in [-0.2, 0) is 0 Å². The molecule has 1 aromatic carbocycles. The molecule has 0 atom stereocenters. The number of hydrogen-bond acceptors (Lipinski definition) is 4. The molecular weight excluding hydrogens is 285 g/mol. The third-order valence-electron chi connectivity index (χ3n) is 3.70. The van der Waals surface area contributed by atoms with Gasteiger partial charge in [0.05, 0.1) is 10.9 Å². The molecule has 0 aliphatic carbocycles. The van der Waals surface area contributed by atoms with E-state index in [9.17, 15) is 4.39 Å². The number of fused-ring (bicyclic) bond motifs is 1. The van der Waals surface area contributed by atoms with E-state index in [1.807, 2.05) is 13.1 Å². The number of hydrogen-bond donors (Lipinski definition) is 1. The van der Waals surface area contributed by atoms with Crippen molar-refractivity contribution in [3.63, 3.8) is 0 Å². The van der Waals surface area contributed by atoms with Gasteiger partial charge in [-0.25, -0.2) is 14.4 Å². The highest BCUT2D eigenvalue weighted by Gasteiger charge is 2.17. The number of aromatic nitrogens is 2. The van der Waals surface area contributed by atoms with Crippen LogP contribution in [0.4, 0.5) is 10.2 Å². The third kappa shape index (κ3) is 2.17. The van der Waals surface area contributed by atoms with Crippen LogP contribution < -0.4 is 5.32 Å². The summed E-state index contributed by atoms with van der Waals surface area (Å²) in [6.07, 6.45) is 0. The van der Waals surface area contributed by atoms with E-state index < -0.39 is 0 Å². The number of aryl methyl sites for hydroxylation is 3. The first-order valence-corrected chi connectivity index (χ1v) is 7.55. The van der Waals surface area contributed by atoms with E-state index in [2.05, 4.69) is 29.1 Å². The molecule has 0 amide bonds. The summed E-state index contributed by atoms with van der Waals surface area (Å²) in [4.78, 5) is 11.2. The standard InChI is InChI=1S/C16H16FN3S/c1-8-6-5-7-11(13(8)17)14-19-15(18-4)12-9(2)10(3)21-16(12)20-14/h5-7H,1-4H3,(H,18,19,20). The summed E-state index contributed by atoms with van der Waals surface area (Å²) in [6.45, 7) is 5.87. The molecule has 0 fully saturated rings. The Morgan fingerprint density at radius 2 is 1.90 bits per heavy atom. The highest BCUT2D eigenvalue weighted by molar-refractivity contribution is 7.18. The smallest absolute Gasteiger partial charge is 0.166 e. The second kappa shape index (κ2) is 5.07. The summed E-state index contributed by atoms with van der Waals surface area (Å²) in [5, 5.41) is 4.13. The molecule has 5 heteroatoms. The Balaban J connectivity index is 2.32. The zero-order valence-corrected chi connectivity index (χ0v) is 13.2. The Morgan fingerprint density at radius 1 is 1.14 bits per heavy atom. The van der Waals surface area contributed by atoms with Crippen molar-refractivity contribution in [2.24, 2.45) is 0 Å². The van der Waals surface area contributed by atoms with Gasteiger partial charge in [-0.2, -0.15) is 0 Å². The molecule has 0 spiro atoms. The molecule has 0 radical (unpaired) electrons. The van der Waals surface area contributed by atoms with Crippen molar-refractivity contribution in [1.82, 2.24) is 9.97 Å². The van der Waals surface area contributed by atoms with Gasteiger partial charge in [0.15, 0.2) is 5.82 Å². The first kappa shape index (κ1) is 13.9. The zero-order valence-electron chi connectivity index (χ0n) is 12.4. The van der Waals surface area contributed by atoms with E-state index in [0.717, 1.165) is 16.0 Å². The number of thiophene rings is 1. The largest absolute Gasteiger partial charge is 0.372 e. The van der Waals surface area contributed by atoms with Gasteiger partial charge in [0.25, 0.3) is 0 Å². The number of halogens is 1. The lowest BCUT2D eigenvalue weighted by Crippen LogP contribution is -1.99. The van der Waals surface area contributed by atoms with Crippen LogP contribution >= 0.6 is 11.3 Å². The quantitative estimate of drug-likeness (QED) is 0.759. The topological polar surface area (TPSA) is 37.8 Å². The SMILES string of the molecule is CNc1nc(-c2cccc(C)c2F)nc2sc(C)c(C)c12. The van der Waals surface area contributed by atoms with Crippen molar-refractivity contribution in [2.75, 3.05) is 12.4 Å². The van der Waals surface area contributed by atoms with Gasteiger partial charge in [-0.3, -0.25) is 0 Å². The van der Waals surface area contributed by atoms with Crippen molar-refractivity contribution in [3.8, 4) is 11.4 Å².